The summed E-state index contributed by atoms with van der Waals surface area (Å²) in [6.07, 6.45) is 0.680. The number of carbonyl (C=O) groups is 2. The van der Waals surface area contributed by atoms with E-state index in [1.165, 1.54) is 17.8 Å². The number of amidine groups is 1. The summed E-state index contributed by atoms with van der Waals surface area (Å²) in [5.74, 6) is -0.639. The number of thioether (sulfide) groups is 1. The van der Waals surface area contributed by atoms with Gasteiger partial charge in [0.05, 0.1) is 6.04 Å². The number of carbonyl (C=O) groups excluding carboxylic acids is 2. The van der Waals surface area contributed by atoms with Crippen molar-refractivity contribution in [2.45, 2.75) is 44.4 Å². The zero-order valence-corrected chi connectivity index (χ0v) is 14.9. The summed E-state index contributed by atoms with van der Waals surface area (Å²) in [6, 6.07) is 6.19. The number of benzene rings is 1. The summed E-state index contributed by atoms with van der Waals surface area (Å²) in [4.78, 5) is 27.8. The van der Waals surface area contributed by atoms with E-state index in [-0.39, 0.29) is 30.1 Å². The topological polar surface area (TPSA) is 70.6 Å². The highest BCUT2D eigenvalue weighted by atomic mass is 32.2. The third kappa shape index (κ3) is 4.35. The van der Waals surface area contributed by atoms with Crippen LogP contribution in [0, 0.1) is 5.82 Å². The van der Waals surface area contributed by atoms with Crippen molar-refractivity contribution >= 4 is 28.7 Å². The molecule has 0 aliphatic carbocycles. The van der Waals surface area contributed by atoms with Gasteiger partial charge in [-0.3, -0.25) is 9.59 Å². The minimum absolute atomic E-state index is 0.0757. The summed E-state index contributed by atoms with van der Waals surface area (Å²) < 4.78 is 13.1. The second kappa shape index (κ2) is 7.79. The van der Waals surface area contributed by atoms with Crippen molar-refractivity contribution < 1.29 is 14.0 Å². The molecule has 1 unspecified atom stereocenters. The molecule has 2 rings (SSSR count). The van der Waals surface area contributed by atoms with E-state index in [2.05, 4.69) is 15.6 Å². The quantitative estimate of drug-likeness (QED) is 0.827. The lowest BCUT2D eigenvalue weighted by Crippen LogP contribution is -2.31. The fraction of sp³-hybridized carbons (Fsp3) is 0.471. The average Bonchev–Trinajstić information content (AvgIpc) is 2.80. The maximum atomic E-state index is 13.8. The van der Waals surface area contributed by atoms with Gasteiger partial charge in [0.15, 0.2) is 5.17 Å². The zero-order chi connectivity index (χ0) is 17.7. The van der Waals surface area contributed by atoms with Crippen molar-refractivity contribution in [1.29, 1.82) is 0 Å². The molecule has 0 saturated heterocycles. The van der Waals surface area contributed by atoms with E-state index in [4.69, 9.17) is 0 Å². The highest BCUT2D eigenvalue weighted by molar-refractivity contribution is 8.16. The molecule has 130 valence electrons. The predicted molar refractivity (Wildman–Crippen MR) is 94.3 cm³/mol. The molecule has 0 fully saturated rings. The number of nitrogens with one attached hydrogen (secondary N) is 2. The van der Waals surface area contributed by atoms with Crippen LogP contribution in [0.2, 0.25) is 0 Å². The third-order valence-corrected chi connectivity index (χ3v) is 5.12. The Morgan fingerprint density at radius 1 is 1.42 bits per heavy atom. The van der Waals surface area contributed by atoms with Gasteiger partial charge in [-0.05, 0) is 33.3 Å². The predicted octanol–water partition coefficient (Wildman–Crippen LogP) is 2.78. The maximum absolute atomic E-state index is 13.8. The van der Waals surface area contributed by atoms with E-state index in [0.29, 0.717) is 23.7 Å². The summed E-state index contributed by atoms with van der Waals surface area (Å²) >= 11 is 1.30. The van der Waals surface area contributed by atoms with Gasteiger partial charge in [-0.2, -0.15) is 4.99 Å². The van der Waals surface area contributed by atoms with Crippen molar-refractivity contribution in [3.8, 4) is 0 Å². The van der Waals surface area contributed by atoms with Crippen molar-refractivity contribution in [3.63, 3.8) is 0 Å². The number of halogens is 1. The van der Waals surface area contributed by atoms with Gasteiger partial charge in [0, 0.05) is 18.5 Å². The first-order valence-electron chi connectivity index (χ1n) is 7.95. The van der Waals surface area contributed by atoms with Gasteiger partial charge in [0.2, 0.25) is 5.91 Å². The van der Waals surface area contributed by atoms with Crippen LogP contribution in [-0.4, -0.2) is 28.3 Å². The molecule has 24 heavy (non-hydrogen) atoms. The fourth-order valence-corrected chi connectivity index (χ4v) is 3.56. The molecule has 0 bridgehead atoms. The maximum Gasteiger partial charge on any atom is 0.264 e. The smallest absolute Gasteiger partial charge is 0.264 e. The van der Waals surface area contributed by atoms with Crippen LogP contribution >= 0.6 is 11.8 Å². The lowest BCUT2D eigenvalue weighted by atomic mass is 10.0. The lowest BCUT2D eigenvalue weighted by molar-refractivity contribution is -0.122. The molecule has 7 heteroatoms. The Bertz CT molecular complexity index is 665. The van der Waals surface area contributed by atoms with E-state index < -0.39 is 4.75 Å². The molecule has 2 atom stereocenters. The monoisotopic (exact) mass is 351 g/mol. The molecule has 1 aliphatic rings. The Balaban J connectivity index is 1.97. The van der Waals surface area contributed by atoms with Crippen molar-refractivity contribution in [3.05, 3.63) is 35.6 Å². The van der Waals surface area contributed by atoms with Crippen LogP contribution in [0.25, 0.3) is 0 Å². The summed E-state index contributed by atoms with van der Waals surface area (Å²) in [5.41, 5.74) is 0.518. The molecular weight excluding hydrogens is 329 g/mol. The molecule has 1 aliphatic heterocycles. The van der Waals surface area contributed by atoms with Gasteiger partial charge in [0.25, 0.3) is 5.91 Å². The Morgan fingerprint density at radius 2 is 2.12 bits per heavy atom. The standard InChI is InChI=1S/C17H22FN3O2S/c1-4-19-14(22)9-10-17(3)15(23)21-16(24-17)20-11(2)12-7-5-6-8-13(12)18/h5-8,11H,4,9-10H2,1-3H3,(H,19,22)(H,20,21,23)/t11-,17?/m0/s1. The van der Waals surface area contributed by atoms with E-state index in [0.717, 1.165) is 0 Å². The zero-order valence-electron chi connectivity index (χ0n) is 14.1. The van der Waals surface area contributed by atoms with Gasteiger partial charge in [0.1, 0.15) is 10.6 Å². The van der Waals surface area contributed by atoms with Crippen molar-refractivity contribution in [2.24, 2.45) is 4.99 Å². The number of hydrogen-bond donors (Lipinski definition) is 2. The second-order valence-electron chi connectivity index (χ2n) is 5.90. The number of amides is 2. The van der Waals surface area contributed by atoms with Crippen LogP contribution in [0.4, 0.5) is 4.39 Å². The third-order valence-electron chi connectivity index (χ3n) is 3.89. The molecule has 2 N–H and O–H groups in total. The van der Waals surface area contributed by atoms with Gasteiger partial charge < -0.3 is 10.6 Å². The van der Waals surface area contributed by atoms with E-state index in [1.54, 1.807) is 25.1 Å². The normalized spacial score (nSPS) is 21.3. The molecule has 0 aromatic heterocycles. The highest BCUT2D eigenvalue weighted by Gasteiger charge is 2.41. The van der Waals surface area contributed by atoms with E-state index >= 15 is 0 Å². The van der Waals surface area contributed by atoms with Gasteiger partial charge in [-0.1, -0.05) is 30.0 Å². The van der Waals surface area contributed by atoms with E-state index in [1.807, 2.05) is 13.8 Å². The first-order chi connectivity index (χ1) is 11.4. The van der Waals surface area contributed by atoms with E-state index in [9.17, 15) is 14.0 Å². The van der Waals surface area contributed by atoms with Gasteiger partial charge in [-0.15, -0.1) is 0 Å². The van der Waals surface area contributed by atoms with Crippen LogP contribution in [0.15, 0.2) is 29.3 Å². The van der Waals surface area contributed by atoms with Crippen LogP contribution in [0.1, 0.15) is 45.2 Å². The molecule has 1 heterocycles. The Kier molecular flexibility index (Phi) is 5.99. The first-order valence-corrected chi connectivity index (χ1v) is 8.77. The molecule has 5 nitrogen and oxygen atoms in total. The Morgan fingerprint density at radius 3 is 2.79 bits per heavy atom. The van der Waals surface area contributed by atoms with Gasteiger partial charge in [-0.25, -0.2) is 4.39 Å². The molecular formula is C17H22FN3O2S. The number of rotatable bonds is 6. The molecule has 1 aromatic carbocycles. The largest absolute Gasteiger partial charge is 0.358 e. The SMILES string of the molecule is CCNC(=O)CCC1(C)SC(N[C@@H](C)c2ccccc2F)=NC1=O. The Labute approximate surface area is 145 Å². The second-order valence-corrected chi connectivity index (χ2v) is 7.39. The van der Waals surface area contributed by atoms with Crippen LogP contribution in [0.5, 0.6) is 0 Å². The molecule has 0 radical (unpaired) electrons. The summed E-state index contributed by atoms with van der Waals surface area (Å²) in [7, 11) is 0. The lowest BCUT2D eigenvalue weighted by Gasteiger charge is -2.21. The molecule has 0 saturated carbocycles. The van der Waals surface area contributed by atoms with Crippen molar-refractivity contribution in [1.82, 2.24) is 10.6 Å². The van der Waals surface area contributed by atoms with Crippen molar-refractivity contribution in [2.75, 3.05) is 6.54 Å². The van der Waals surface area contributed by atoms with Crippen LogP contribution in [-0.2, 0) is 9.59 Å². The first kappa shape index (κ1) is 18.4. The molecule has 1 aromatic rings. The number of hydrogen-bond acceptors (Lipinski definition) is 4. The summed E-state index contributed by atoms with van der Waals surface area (Å²) in [5, 5.41) is 6.27. The Hall–Kier alpha value is -1.89. The number of nitrogens with zero attached hydrogens (tertiary/aromatic N) is 1. The fourth-order valence-electron chi connectivity index (χ4n) is 2.44. The molecule has 2 amide bonds. The minimum atomic E-state index is -0.762. The van der Waals surface area contributed by atoms with Crippen LogP contribution < -0.4 is 10.6 Å². The van der Waals surface area contributed by atoms with Crippen LogP contribution in [0.3, 0.4) is 0 Å². The summed E-state index contributed by atoms with van der Waals surface area (Å²) in [6.45, 7) is 6.02. The number of aliphatic imine (C=N–C) groups is 1. The van der Waals surface area contributed by atoms with Gasteiger partial charge >= 0.3 is 0 Å². The average molecular weight is 351 g/mol. The minimum Gasteiger partial charge on any atom is -0.358 e. The molecule has 0 spiro atoms. The highest BCUT2D eigenvalue weighted by Crippen LogP contribution is 2.37.